The molecule has 1 aliphatic carbocycles. The second kappa shape index (κ2) is 7.85. The van der Waals surface area contributed by atoms with E-state index in [0.29, 0.717) is 12.5 Å². The Morgan fingerprint density at radius 1 is 1.16 bits per heavy atom. The molecule has 0 aromatic rings. The van der Waals surface area contributed by atoms with Crippen molar-refractivity contribution in [2.75, 3.05) is 46.3 Å². The first-order valence-corrected chi connectivity index (χ1v) is 7.93. The van der Waals surface area contributed by atoms with Gasteiger partial charge in [-0.15, -0.1) is 0 Å². The van der Waals surface area contributed by atoms with Gasteiger partial charge in [0.15, 0.2) is 0 Å². The van der Waals surface area contributed by atoms with Crippen LogP contribution in [0.25, 0.3) is 0 Å². The van der Waals surface area contributed by atoms with E-state index < -0.39 is 0 Å². The van der Waals surface area contributed by atoms with Crippen molar-refractivity contribution in [3.05, 3.63) is 0 Å². The molecular weight excluding hydrogens is 238 g/mol. The minimum absolute atomic E-state index is 0.307. The average molecular weight is 267 g/mol. The molecule has 0 unspecified atom stereocenters. The van der Waals surface area contributed by atoms with E-state index in [1.165, 1.54) is 32.1 Å². The maximum Gasteiger partial charge on any atom is 0.236 e. The fraction of sp³-hybridized carbons (Fsp3) is 0.933. The topological polar surface area (TPSA) is 35.6 Å². The number of amides is 1. The number of likely N-dealkylation sites (N-methyl/N-ethyl adjacent to an activating group) is 1. The fourth-order valence-corrected chi connectivity index (χ4v) is 3.30. The molecule has 0 radical (unpaired) electrons. The van der Waals surface area contributed by atoms with E-state index in [0.717, 1.165) is 45.1 Å². The molecule has 19 heavy (non-hydrogen) atoms. The van der Waals surface area contributed by atoms with Crippen molar-refractivity contribution < 1.29 is 4.79 Å². The SMILES string of the molecule is CN(CC(=O)N1CCCNCC1)CC1CCCCC1. The van der Waals surface area contributed by atoms with E-state index in [1.54, 1.807) is 0 Å². The molecule has 110 valence electrons. The van der Waals surface area contributed by atoms with Crippen LogP contribution in [-0.2, 0) is 4.79 Å². The normalized spacial score (nSPS) is 22.5. The molecule has 1 heterocycles. The first-order chi connectivity index (χ1) is 9.25. The van der Waals surface area contributed by atoms with Crippen molar-refractivity contribution in [1.82, 2.24) is 15.1 Å². The van der Waals surface area contributed by atoms with E-state index in [-0.39, 0.29) is 0 Å². The van der Waals surface area contributed by atoms with Gasteiger partial charge in [-0.25, -0.2) is 0 Å². The summed E-state index contributed by atoms with van der Waals surface area (Å²) in [6.07, 6.45) is 7.95. The van der Waals surface area contributed by atoms with Crippen LogP contribution in [0, 0.1) is 5.92 Å². The van der Waals surface area contributed by atoms with Crippen molar-refractivity contribution >= 4 is 5.91 Å². The van der Waals surface area contributed by atoms with Crippen LogP contribution in [0.1, 0.15) is 38.5 Å². The molecule has 4 nitrogen and oxygen atoms in total. The largest absolute Gasteiger partial charge is 0.340 e. The van der Waals surface area contributed by atoms with Crippen molar-refractivity contribution in [2.45, 2.75) is 38.5 Å². The standard InChI is InChI=1S/C15H29N3O/c1-17(12-14-6-3-2-4-7-14)13-15(19)18-10-5-8-16-9-11-18/h14,16H,2-13H2,1H3. The highest BCUT2D eigenvalue weighted by molar-refractivity contribution is 5.78. The van der Waals surface area contributed by atoms with Gasteiger partial charge in [0.1, 0.15) is 0 Å². The number of nitrogens with one attached hydrogen (secondary N) is 1. The zero-order chi connectivity index (χ0) is 13.5. The third kappa shape index (κ3) is 5.11. The van der Waals surface area contributed by atoms with Gasteiger partial charge in [0.05, 0.1) is 6.54 Å². The first kappa shape index (κ1) is 14.8. The van der Waals surface area contributed by atoms with Gasteiger partial charge in [0, 0.05) is 26.2 Å². The molecule has 1 saturated heterocycles. The zero-order valence-electron chi connectivity index (χ0n) is 12.4. The third-order valence-corrected chi connectivity index (χ3v) is 4.39. The molecule has 2 aliphatic rings. The molecule has 0 aromatic heterocycles. The maximum atomic E-state index is 12.3. The van der Waals surface area contributed by atoms with E-state index in [9.17, 15) is 4.79 Å². The molecule has 0 aromatic carbocycles. The van der Waals surface area contributed by atoms with Crippen LogP contribution in [0.15, 0.2) is 0 Å². The van der Waals surface area contributed by atoms with Gasteiger partial charge in [-0.2, -0.15) is 0 Å². The Balaban J connectivity index is 1.70. The summed E-state index contributed by atoms with van der Waals surface area (Å²) in [6, 6.07) is 0. The molecule has 2 fully saturated rings. The molecule has 0 bridgehead atoms. The number of hydrogen-bond donors (Lipinski definition) is 1. The number of carbonyl (C=O) groups is 1. The molecule has 2 rings (SSSR count). The van der Waals surface area contributed by atoms with Crippen LogP contribution in [-0.4, -0.2) is 62.0 Å². The monoisotopic (exact) mass is 267 g/mol. The highest BCUT2D eigenvalue weighted by atomic mass is 16.2. The molecule has 0 atom stereocenters. The summed E-state index contributed by atoms with van der Waals surface area (Å²) in [5, 5.41) is 3.34. The lowest BCUT2D eigenvalue weighted by molar-refractivity contribution is -0.132. The quantitative estimate of drug-likeness (QED) is 0.834. The summed E-state index contributed by atoms with van der Waals surface area (Å²) in [4.78, 5) is 16.5. The minimum atomic E-state index is 0.307. The number of carbonyl (C=O) groups excluding carboxylic acids is 1. The smallest absolute Gasteiger partial charge is 0.236 e. The summed E-state index contributed by atoms with van der Waals surface area (Å²) in [5.74, 6) is 1.12. The van der Waals surface area contributed by atoms with E-state index in [1.807, 2.05) is 4.90 Å². The van der Waals surface area contributed by atoms with Crippen molar-refractivity contribution in [3.63, 3.8) is 0 Å². The second-order valence-corrected chi connectivity index (χ2v) is 6.19. The summed E-state index contributed by atoms with van der Waals surface area (Å²) < 4.78 is 0. The van der Waals surface area contributed by atoms with Gasteiger partial charge >= 0.3 is 0 Å². The van der Waals surface area contributed by atoms with E-state index in [4.69, 9.17) is 0 Å². The molecule has 4 heteroatoms. The Hall–Kier alpha value is -0.610. The Morgan fingerprint density at radius 2 is 1.95 bits per heavy atom. The third-order valence-electron chi connectivity index (χ3n) is 4.39. The molecule has 0 spiro atoms. The van der Waals surface area contributed by atoms with Crippen molar-refractivity contribution in [3.8, 4) is 0 Å². The summed E-state index contributed by atoms with van der Waals surface area (Å²) >= 11 is 0. The van der Waals surface area contributed by atoms with Crippen molar-refractivity contribution in [1.29, 1.82) is 0 Å². The first-order valence-electron chi connectivity index (χ1n) is 7.93. The Bertz CT molecular complexity index is 269. The predicted molar refractivity (Wildman–Crippen MR) is 78.1 cm³/mol. The predicted octanol–water partition coefficient (Wildman–Crippen LogP) is 1.32. The van der Waals surface area contributed by atoms with Crippen LogP contribution in [0.2, 0.25) is 0 Å². The Labute approximate surface area is 117 Å². The lowest BCUT2D eigenvalue weighted by Gasteiger charge is -2.28. The highest BCUT2D eigenvalue weighted by Gasteiger charge is 2.20. The van der Waals surface area contributed by atoms with Gasteiger partial charge in [-0.3, -0.25) is 9.69 Å². The zero-order valence-corrected chi connectivity index (χ0v) is 12.4. The summed E-state index contributed by atoms with van der Waals surface area (Å²) in [5.41, 5.74) is 0. The molecule has 1 amide bonds. The number of rotatable bonds is 4. The van der Waals surface area contributed by atoms with Crippen LogP contribution < -0.4 is 5.32 Å². The van der Waals surface area contributed by atoms with Gasteiger partial charge < -0.3 is 10.2 Å². The minimum Gasteiger partial charge on any atom is -0.340 e. The second-order valence-electron chi connectivity index (χ2n) is 6.19. The van der Waals surface area contributed by atoms with E-state index >= 15 is 0 Å². The lowest BCUT2D eigenvalue weighted by Crippen LogP contribution is -2.42. The molecule has 1 N–H and O–H groups in total. The van der Waals surface area contributed by atoms with Crippen LogP contribution in [0.5, 0.6) is 0 Å². The molecule has 1 saturated carbocycles. The number of nitrogens with zero attached hydrogens (tertiary/aromatic N) is 2. The van der Waals surface area contributed by atoms with Gasteiger partial charge in [-0.1, -0.05) is 19.3 Å². The van der Waals surface area contributed by atoms with Gasteiger partial charge in [-0.05, 0) is 38.8 Å². The fourth-order valence-electron chi connectivity index (χ4n) is 3.30. The maximum absolute atomic E-state index is 12.3. The summed E-state index contributed by atoms with van der Waals surface area (Å²) in [6.45, 7) is 5.47. The van der Waals surface area contributed by atoms with Gasteiger partial charge in [0.2, 0.25) is 5.91 Å². The van der Waals surface area contributed by atoms with Crippen molar-refractivity contribution in [2.24, 2.45) is 5.92 Å². The Kier molecular flexibility index (Phi) is 6.11. The van der Waals surface area contributed by atoms with Crippen LogP contribution in [0.3, 0.4) is 0 Å². The molecular formula is C15H29N3O. The molecule has 1 aliphatic heterocycles. The van der Waals surface area contributed by atoms with E-state index in [2.05, 4.69) is 17.3 Å². The van der Waals surface area contributed by atoms with Crippen LogP contribution >= 0.6 is 0 Å². The van der Waals surface area contributed by atoms with Crippen LogP contribution in [0.4, 0.5) is 0 Å². The lowest BCUT2D eigenvalue weighted by atomic mass is 9.89. The average Bonchev–Trinajstić information content (AvgIpc) is 2.68. The summed E-state index contributed by atoms with van der Waals surface area (Å²) in [7, 11) is 2.10. The van der Waals surface area contributed by atoms with Gasteiger partial charge in [0.25, 0.3) is 0 Å². The Morgan fingerprint density at radius 3 is 2.74 bits per heavy atom. The number of hydrogen-bond acceptors (Lipinski definition) is 3. The highest BCUT2D eigenvalue weighted by Crippen LogP contribution is 2.24.